The summed E-state index contributed by atoms with van der Waals surface area (Å²) in [6.07, 6.45) is 17.2. The average molecular weight is 279 g/mol. The van der Waals surface area contributed by atoms with E-state index >= 15 is 0 Å². The molecule has 20 heavy (non-hydrogen) atoms. The molecule has 0 aromatic carbocycles. The lowest BCUT2D eigenvalue weighted by atomic mass is 9.93. The second-order valence-corrected chi connectivity index (χ2v) is 7.62. The largest absolute Gasteiger partial charge is 0.370 e. The lowest BCUT2D eigenvalue weighted by Crippen LogP contribution is -2.39. The molecule has 2 atom stereocenters. The van der Waals surface area contributed by atoms with Gasteiger partial charge >= 0.3 is 0 Å². The van der Waals surface area contributed by atoms with E-state index in [0.29, 0.717) is 17.7 Å². The molecule has 1 unspecified atom stereocenters. The first-order valence-electron chi connectivity index (χ1n) is 9.19. The molecule has 0 radical (unpaired) electrons. The molecule has 1 spiro atoms. The third kappa shape index (κ3) is 3.57. The summed E-state index contributed by atoms with van der Waals surface area (Å²) in [6.45, 7) is 3.48. The third-order valence-corrected chi connectivity index (χ3v) is 6.13. The fourth-order valence-electron chi connectivity index (χ4n) is 4.72. The molecule has 1 heterocycles. The molecule has 1 saturated heterocycles. The Hall–Kier alpha value is -0.0800. The molecule has 0 aromatic rings. The first-order valence-corrected chi connectivity index (χ1v) is 9.19. The van der Waals surface area contributed by atoms with E-state index in [4.69, 9.17) is 4.74 Å². The van der Waals surface area contributed by atoms with Crippen LogP contribution in [0.1, 0.15) is 84.0 Å². The highest BCUT2D eigenvalue weighted by atomic mass is 16.5. The summed E-state index contributed by atoms with van der Waals surface area (Å²) in [4.78, 5) is 0. The van der Waals surface area contributed by atoms with Crippen LogP contribution in [0.3, 0.4) is 0 Å². The van der Waals surface area contributed by atoms with Crippen molar-refractivity contribution in [2.45, 2.75) is 102 Å². The van der Waals surface area contributed by atoms with Crippen LogP contribution >= 0.6 is 0 Å². The minimum Gasteiger partial charge on any atom is -0.370 e. The normalized spacial score (nSPS) is 32.5. The van der Waals surface area contributed by atoms with E-state index in [9.17, 15) is 0 Å². The van der Waals surface area contributed by atoms with Crippen LogP contribution in [0, 0.1) is 5.92 Å². The Morgan fingerprint density at radius 2 is 1.65 bits per heavy atom. The van der Waals surface area contributed by atoms with Gasteiger partial charge in [-0.3, -0.25) is 0 Å². The lowest BCUT2D eigenvalue weighted by Gasteiger charge is -2.27. The molecule has 2 aliphatic carbocycles. The zero-order chi connectivity index (χ0) is 13.8. The maximum absolute atomic E-state index is 6.41. The van der Waals surface area contributed by atoms with Crippen molar-refractivity contribution in [3.8, 4) is 0 Å². The monoisotopic (exact) mass is 279 g/mol. The van der Waals surface area contributed by atoms with Crippen LogP contribution in [-0.4, -0.2) is 24.3 Å². The molecule has 0 bridgehead atoms. The summed E-state index contributed by atoms with van der Waals surface area (Å²) in [7, 11) is 0. The molecule has 2 saturated carbocycles. The Morgan fingerprint density at radius 3 is 2.35 bits per heavy atom. The predicted molar refractivity (Wildman–Crippen MR) is 84.0 cm³/mol. The molecular weight excluding hydrogens is 246 g/mol. The standard InChI is InChI=1S/C18H33NO/c1-15(16-8-4-2-3-5-9-16)19-14-17-10-13-18(20-17)11-6-7-12-18/h15-17,19H,2-14H2,1H3/t15-,17?/m0/s1. The zero-order valence-electron chi connectivity index (χ0n) is 13.3. The van der Waals surface area contributed by atoms with E-state index in [1.807, 2.05) is 0 Å². The maximum atomic E-state index is 6.41. The van der Waals surface area contributed by atoms with E-state index in [2.05, 4.69) is 12.2 Å². The van der Waals surface area contributed by atoms with Crippen molar-refractivity contribution in [1.29, 1.82) is 0 Å². The summed E-state index contributed by atoms with van der Waals surface area (Å²) < 4.78 is 6.41. The van der Waals surface area contributed by atoms with Gasteiger partial charge in [-0.05, 0) is 51.4 Å². The number of hydrogen-bond acceptors (Lipinski definition) is 2. The smallest absolute Gasteiger partial charge is 0.0708 e. The molecule has 2 nitrogen and oxygen atoms in total. The minimum absolute atomic E-state index is 0.303. The first-order chi connectivity index (χ1) is 9.77. The Morgan fingerprint density at radius 1 is 0.950 bits per heavy atom. The topological polar surface area (TPSA) is 21.3 Å². The van der Waals surface area contributed by atoms with E-state index in [-0.39, 0.29) is 0 Å². The molecule has 1 N–H and O–H groups in total. The van der Waals surface area contributed by atoms with Crippen molar-refractivity contribution < 1.29 is 4.74 Å². The predicted octanol–water partition coefficient (Wildman–Crippen LogP) is 4.43. The van der Waals surface area contributed by atoms with Crippen LogP contribution in [0.15, 0.2) is 0 Å². The van der Waals surface area contributed by atoms with Crippen LogP contribution < -0.4 is 5.32 Å². The summed E-state index contributed by atoms with van der Waals surface area (Å²) in [5, 5.41) is 3.80. The first kappa shape index (κ1) is 14.8. The highest BCUT2D eigenvalue weighted by molar-refractivity contribution is 4.93. The average Bonchev–Trinajstić information content (AvgIpc) is 2.99. The van der Waals surface area contributed by atoms with Gasteiger partial charge in [0.1, 0.15) is 0 Å². The number of nitrogens with one attached hydrogen (secondary N) is 1. The summed E-state index contributed by atoms with van der Waals surface area (Å²) in [6, 6.07) is 0.678. The van der Waals surface area contributed by atoms with Crippen LogP contribution in [-0.2, 0) is 4.74 Å². The van der Waals surface area contributed by atoms with Crippen molar-refractivity contribution in [2.24, 2.45) is 5.92 Å². The van der Waals surface area contributed by atoms with Crippen molar-refractivity contribution in [1.82, 2.24) is 5.32 Å². The van der Waals surface area contributed by atoms with E-state index < -0.39 is 0 Å². The fourth-order valence-corrected chi connectivity index (χ4v) is 4.72. The highest BCUT2D eigenvalue weighted by Gasteiger charge is 2.42. The van der Waals surface area contributed by atoms with Gasteiger partial charge in [0, 0.05) is 12.6 Å². The molecule has 116 valence electrons. The summed E-state index contributed by atoms with van der Waals surface area (Å²) in [5.74, 6) is 0.902. The van der Waals surface area contributed by atoms with Crippen molar-refractivity contribution in [2.75, 3.05) is 6.54 Å². The highest BCUT2D eigenvalue weighted by Crippen LogP contribution is 2.43. The van der Waals surface area contributed by atoms with Gasteiger partial charge in [-0.15, -0.1) is 0 Å². The Bertz CT molecular complexity index is 288. The Balaban J connectivity index is 1.40. The molecule has 3 aliphatic rings. The Labute approximate surface area is 125 Å². The molecule has 2 heteroatoms. The van der Waals surface area contributed by atoms with Crippen LogP contribution in [0.5, 0.6) is 0 Å². The quantitative estimate of drug-likeness (QED) is 0.769. The molecular formula is C18H33NO. The summed E-state index contributed by atoms with van der Waals surface area (Å²) >= 11 is 0. The van der Waals surface area contributed by atoms with Gasteiger partial charge in [0.2, 0.25) is 0 Å². The lowest BCUT2D eigenvalue weighted by molar-refractivity contribution is -0.0362. The number of ether oxygens (including phenoxy) is 1. The number of rotatable bonds is 4. The summed E-state index contributed by atoms with van der Waals surface area (Å²) in [5.41, 5.74) is 0.303. The van der Waals surface area contributed by atoms with Gasteiger partial charge in [0.05, 0.1) is 11.7 Å². The van der Waals surface area contributed by atoms with Gasteiger partial charge in [-0.25, -0.2) is 0 Å². The molecule has 1 aliphatic heterocycles. The van der Waals surface area contributed by atoms with Crippen molar-refractivity contribution in [3.05, 3.63) is 0 Å². The van der Waals surface area contributed by atoms with Crippen LogP contribution in [0.25, 0.3) is 0 Å². The van der Waals surface area contributed by atoms with Gasteiger partial charge < -0.3 is 10.1 Å². The molecule has 0 aromatic heterocycles. The third-order valence-electron chi connectivity index (χ3n) is 6.13. The Kier molecular flexibility index (Phi) is 5.04. The minimum atomic E-state index is 0.303. The van der Waals surface area contributed by atoms with Gasteiger partial charge in [0.25, 0.3) is 0 Å². The fraction of sp³-hybridized carbons (Fsp3) is 1.00. The van der Waals surface area contributed by atoms with Gasteiger partial charge in [-0.1, -0.05) is 38.5 Å². The second-order valence-electron chi connectivity index (χ2n) is 7.62. The van der Waals surface area contributed by atoms with Gasteiger partial charge in [-0.2, -0.15) is 0 Å². The number of hydrogen-bond donors (Lipinski definition) is 1. The van der Waals surface area contributed by atoms with E-state index in [1.165, 1.54) is 77.0 Å². The van der Waals surface area contributed by atoms with E-state index in [0.717, 1.165) is 12.5 Å². The van der Waals surface area contributed by atoms with Crippen molar-refractivity contribution >= 4 is 0 Å². The SMILES string of the molecule is C[C@H](NCC1CCC2(CCCC2)O1)C1CCCCCC1. The molecule has 3 fully saturated rings. The maximum Gasteiger partial charge on any atom is 0.0708 e. The molecule has 0 amide bonds. The van der Waals surface area contributed by atoms with Gasteiger partial charge in [0.15, 0.2) is 0 Å². The zero-order valence-corrected chi connectivity index (χ0v) is 13.3. The van der Waals surface area contributed by atoms with Crippen molar-refractivity contribution in [3.63, 3.8) is 0 Å². The van der Waals surface area contributed by atoms with Crippen LogP contribution in [0.2, 0.25) is 0 Å². The van der Waals surface area contributed by atoms with E-state index in [1.54, 1.807) is 0 Å². The molecule has 3 rings (SSSR count). The second kappa shape index (κ2) is 6.79. The van der Waals surface area contributed by atoms with Crippen LogP contribution in [0.4, 0.5) is 0 Å².